The number of pyridine rings is 1. The third-order valence-electron chi connectivity index (χ3n) is 3.17. The molecule has 0 bridgehead atoms. The lowest BCUT2D eigenvalue weighted by atomic mass is 10.2. The van der Waals surface area contributed by atoms with Crippen LogP contribution in [0.25, 0.3) is 0 Å². The van der Waals surface area contributed by atoms with Gasteiger partial charge in [-0.2, -0.15) is 0 Å². The third-order valence-corrected chi connectivity index (χ3v) is 3.17. The molecule has 0 aliphatic heterocycles. The predicted octanol–water partition coefficient (Wildman–Crippen LogP) is 3.33. The molecule has 2 N–H and O–H groups in total. The van der Waals surface area contributed by atoms with Crippen molar-refractivity contribution in [1.82, 2.24) is 10.3 Å². The second-order valence-electron chi connectivity index (χ2n) is 6.77. The number of ether oxygens (including phenoxy) is 1. The van der Waals surface area contributed by atoms with Gasteiger partial charge in [0.2, 0.25) is 5.91 Å². The Balaban J connectivity index is 1.84. The Kier molecular flexibility index (Phi) is 6.95. The first-order chi connectivity index (χ1) is 12.8. The quantitative estimate of drug-likeness (QED) is 0.815. The van der Waals surface area contributed by atoms with Crippen LogP contribution in [0, 0.1) is 11.8 Å². The van der Waals surface area contributed by atoms with Gasteiger partial charge in [0.25, 0.3) is 0 Å². The number of benzene rings is 1. The second-order valence-corrected chi connectivity index (χ2v) is 6.77. The average molecular weight is 365 g/mol. The molecule has 6 heteroatoms. The highest BCUT2D eigenvalue weighted by Crippen LogP contribution is 2.10. The maximum absolute atomic E-state index is 12.0. The van der Waals surface area contributed by atoms with Crippen molar-refractivity contribution in [3.8, 4) is 11.8 Å². The van der Waals surface area contributed by atoms with Gasteiger partial charge in [0.1, 0.15) is 11.3 Å². The summed E-state index contributed by atoms with van der Waals surface area (Å²) in [6.45, 7) is 5.54. The largest absolute Gasteiger partial charge is 0.444 e. The van der Waals surface area contributed by atoms with E-state index in [0.717, 1.165) is 5.56 Å². The van der Waals surface area contributed by atoms with Crippen molar-refractivity contribution in [3.05, 3.63) is 59.9 Å². The van der Waals surface area contributed by atoms with E-state index in [4.69, 9.17) is 4.74 Å². The Morgan fingerprint density at radius 1 is 1.11 bits per heavy atom. The van der Waals surface area contributed by atoms with Crippen LogP contribution in [0.4, 0.5) is 10.5 Å². The van der Waals surface area contributed by atoms with Crippen LogP contribution in [0.1, 0.15) is 38.4 Å². The zero-order chi connectivity index (χ0) is 19.7. The van der Waals surface area contributed by atoms with Gasteiger partial charge in [-0.3, -0.25) is 4.79 Å². The van der Waals surface area contributed by atoms with Crippen LogP contribution in [-0.4, -0.2) is 29.1 Å². The SMILES string of the molecule is CC(C)(C)OC(=O)NCCC(=O)Nc1cccc(C#Cc2ccccn2)c1. The van der Waals surface area contributed by atoms with Gasteiger partial charge in [0.15, 0.2) is 0 Å². The first-order valence-electron chi connectivity index (χ1n) is 8.62. The number of carbonyl (C=O) groups excluding carboxylic acids is 2. The summed E-state index contributed by atoms with van der Waals surface area (Å²) in [5.41, 5.74) is 1.53. The molecule has 0 unspecified atom stereocenters. The summed E-state index contributed by atoms with van der Waals surface area (Å²) in [5.74, 6) is 5.78. The van der Waals surface area contributed by atoms with Crippen molar-refractivity contribution in [3.63, 3.8) is 0 Å². The highest BCUT2D eigenvalue weighted by Gasteiger charge is 2.15. The van der Waals surface area contributed by atoms with Crippen molar-refractivity contribution in [2.24, 2.45) is 0 Å². The summed E-state index contributed by atoms with van der Waals surface area (Å²) in [7, 11) is 0. The zero-order valence-corrected chi connectivity index (χ0v) is 15.7. The number of alkyl carbamates (subject to hydrolysis) is 1. The Hall–Kier alpha value is -3.33. The molecule has 2 aromatic rings. The normalized spacial score (nSPS) is 10.3. The number of hydrogen-bond donors (Lipinski definition) is 2. The van der Waals surface area contributed by atoms with Crippen LogP contribution in [0.15, 0.2) is 48.7 Å². The summed E-state index contributed by atoms with van der Waals surface area (Å²) >= 11 is 0. The molecule has 0 spiro atoms. The van der Waals surface area contributed by atoms with E-state index in [2.05, 4.69) is 27.5 Å². The van der Waals surface area contributed by atoms with Gasteiger partial charge < -0.3 is 15.4 Å². The van der Waals surface area contributed by atoms with Crippen LogP contribution in [-0.2, 0) is 9.53 Å². The van der Waals surface area contributed by atoms with Gasteiger partial charge in [0.05, 0.1) is 0 Å². The summed E-state index contributed by atoms with van der Waals surface area (Å²) in [4.78, 5) is 27.7. The summed E-state index contributed by atoms with van der Waals surface area (Å²) in [6.07, 6.45) is 1.29. The van der Waals surface area contributed by atoms with Crippen molar-refractivity contribution in [2.45, 2.75) is 32.8 Å². The Labute approximate surface area is 159 Å². The van der Waals surface area contributed by atoms with E-state index in [9.17, 15) is 9.59 Å². The molecule has 0 saturated carbocycles. The molecule has 1 aromatic carbocycles. The van der Waals surface area contributed by atoms with Crippen LogP contribution in [0.3, 0.4) is 0 Å². The van der Waals surface area contributed by atoms with E-state index in [0.29, 0.717) is 11.4 Å². The number of carbonyl (C=O) groups is 2. The molecule has 1 aromatic heterocycles. The maximum Gasteiger partial charge on any atom is 0.407 e. The fourth-order valence-electron chi connectivity index (χ4n) is 2.06. The van der Waals surface area contributed by atoms with Crippen molar-refractivity contribution in [2.75, 3.05) is 11.9 Å². The van der Waals surface area contributed by atoms with Gasteiger partial charge in [-0.1, -0.05) is 18.1 Å². The second kappa shape index (κ2) is 9.39. The first kappa shape index (κ1) is 20.0. The molecule has 2 amide bonds. The van der Waals surface area contributed by atoms with Crippen LogP contribution in [0.5, 0.6) is 0 Å². The number of aromatic nitrogens is 1. The monoisotopic (exact) mass is 365 g/mol. The summed E-state index contributed by atoms with van der Waals surface area (Å²) in [5, 5.41) is 5.34. The average Bonchev–Trinajstić information content (AvgIpc) is 2.59. The Morgan fingerprint density at radius 2 is 1.93 bits per heavy atom. The fraction of sp³-hybridized carbons (Fsp3) is 0.286. The molecule has 0 aliphatic rings. The molecule has 0 fully saturated rings. The Bertz CT molecular complexity index is 846. The van der Waals surface area contributed by atoms with E-state index in [1.165, 1.54) is 0 Å². The van der Waals surface area contributed by atoms with Crippen molar-refractivity contribution in [1.29, 1.82) is 0 Å². The molecule has 2 rings (SSSR count). The number of nitrogens with one attached hydrogen (secondary N) is 2. The molecule has 0 saturated heterocycles. The lowest BCUT2D eigenvalue weighted by Gasteiger charge is -2.19. The van der Waals surface area contributed by atoms with E-state index in [1.54, 1.807) is 39.1 Å². The molecule has 0 atom stereocenters. The van der Waals surface area contributed by atoms with E-state index >= 15 is 0 Å². The number of rotatable bonds is 4. The van der Waals surface area contributed by atoms with Crippen LogP contribution in [0.2, 0.25) is 0 Å². The minimum Gasteiger partial charge on any atom is -0.444 e. The van der Waals surface area contributed by atoms with Crippen LogP contribution >= 0.6 is 0 Å². The lowest BCUT2D eigenvalue weighted by molar-refractivity contribution is -0.116. The minimum atomic E-state index is -0.566. The smallest absolute Gasteiger partial charge is 0.407 e. The van der Waals surface area contributed by atoms with Gasteiger partial charge in [-0.15, -0.1) is 0 Å². The topological polar surface area (TPSA) is 80.3 Å². The van der Waals surface area contributed by atoms with Crippen molar-refractivity contribution < 1.29 is 14.3 Å². The molecule has 6 nitrogen and oxygen atoms in total. The Morgan fingerprint density at radius 3 is 2.63 bits per heavy atom. The fourth-order valence-corrected chi connectivity index (χ4v) is 2.06. The molecular formula is C21H23N3O3. The number of nitrogens with zero attached hydrogens (tertiary/aromatic N) is 1. The molecule has 1 heterocycles. The molecule has 27 heavy (non-hydrogen) atoms. The molecule has 0 aliphatic carbocycles. The van der Waals surface area contributed by atoms with Crippen LogP contribution < -0.4 is 10.6 Å². The van der Waals surface area contributed by atoms with E-state index in [-0.39, 0.29) is 18.9 Å². The molecule has 140 valence electrons. The van der Waals surface area contributed by atoms with E-state index < -0.39 is 11.7 Å². The highest BCUT2D eigenvalue weighted by atomic mass is 16.6. The van der Waals surface area contributed by atoms with Gasteiger partial charge in [-0.25, -0.2) is 9.78 Å². The van der Waals surface area contributed by atoms with Crippen molar-refractivity contribution >= 4 is 17.7 Å². The molecular weight excluding hydrogens is 342 g/mol. The van der Waals surface area contributed by atoms with Gasteiger partial charge >= 0.3 is 6.09 Å². The summed E-state index contributed by atoms with van der Waals surface area (Å²) in [6, 6.07) is 12.8. The number of amides is 2. The lowest BCUT2D eigenvalue weighted by Crippen LogP contribution is -2.34. The number of anilines is 1. The zero-order valence-electron chi connectivity index (χ0n) is 15.7. The maximum atomic E-state index is 12.0. The first-order valence-corrected chi connectivity index (χ1v) is 8.62. The minimum absolute atomic E-state index is 0.142. The number of hydrogen-bond acceptors (Lipinski definition) is 4. The van der Waals surface area contributed by atoms with Gasteiger partial charge in [-0.05, 0) is 57.0 Å². The van der Waals surface area contributed by atoms with Gasteiger partial charge in [0, 0.05) is 30.4 Å². The third kappa shape index (κ3) is 8.06. The van der Waals surface area contributed by atoms with E-state index in [1.807, 2.05) is 30.3 Å². The predicted molar refractivity (Wildman–Crippen MR) is 104 cm³/mol. The standard InChI is InChI=1S/C21H23N3O3/c1-21(2,3)27-20(26)23-14-12-19(25)24-18-9-6-7-16(15-18)10-11-17-8-4-5-13-22-17/h4-9,13,15H,12,14H2,1-3H3,(H,23,26)(H,24,25). The summed E-state index contributed by atoms with van der Waals surface area (Å²) < 4.78 is 5.11. The molecule has 0 radical (unpaired) electrons. The highest BCUT2D eigenvalue weighted by molar-refractivity contribution is 5.91.